The third-order valence-corrected chi connectivity index (χ3v) is 8.06. The maximum atomic E-state index is 13.2. The van der Waals surface area contributed by atoms with E-state index >= 15 is 0 Å². The summed E-state index contributed by atoms with van der Waals surface area (Å²) in [4.78, 5) is 31.2. The number of thiazole rings is 1. The van der Waals surface area contributed by atoms with Crippen LogP contribution < -0.4 is 10.6 Å². The molecular weight excluding hydrogens is 516 g/mol. The molecule has 0 unspecified atom stereocenters. The lowest BCUT2D eigenvalue weighted by Gasteiger charge is -2.24. The Morgan fingerprint density at radius 3 is 2.55 bits per heavy atom. The van der Waals surface area contributed by atoms with E-state index in [2.05, 4.69) is 58.6 Å². The number of para-hydroxylation sites is 1. The molecule has 1 aromatic carbocycles. The molecule has 2 N–H and O–H groups in total. The minimum atomic E-state index is -0.197. The molecule has 0 radical (unpaired) electrons. The van der Waals surface area contributed by atoms with Crippen molar-refractivity contribution >= 4 is 44.1 Å². The van der Waals surface area contributed by atoms with Crippen LogP contribution in [0, 0.1) is 0 Å². The predicted octanol–water partition coefficient (Wildman–Crippen LogP) is 6.33. The van der Waals surface area contributed by atoms with Gasteiger partial charge in [-0.1, -0.05) is 61.6 Å². The van der Waals surface area contributed by atoms with Crippen LogP contribution in [0.3, 0.4) is 0 Å². The Hall–Kier alpha value is -3.46. The van der Waals surface area contributed by atoms with Crippen molar-refractivity contribution in [1.29, 1.82) is 0 Å². The van der Waals surface area contributed by atoms with Crippen LogP contribution in [0.2, 0.25) is 0 Å². The van der Waals surface area contributed by atoms with Crippen molar-refractivity contribution in [1.82, 2.24) is 30.5 Å². The summed E-state index contributed by atoms with van der Waals surface area (Å²) in [6.07, 6.45) is 8.90. The second kappa shape index (κ2) is 13.7. The molecule has 0 spiro atoms. The number of carbonyl (C=O) groups is 1. The van der Waals surface area contributed by atoms with Crippen molar-refractivity contribution in [3.63, 3.8) is 0 Å². The number of fused-ring (bicyclic) bond motifs is 2. The molecule has 1 saturated heterocycles. The van der Waals surface area contributed by atoms with E-state index in [1.807, 2.05) is 30.3 Å². The van der Waals surface area contributed by atoms with Crippen molar-refractivity contribution in [3.05, 3.63) is 82.8 Å². The van der Waals surface area contributed by atoms with Gasteiger partial charge in [-0.25, -0.2) is 15.0 Å². The molecule has 3 aromatic heterocycles. The summed E-state index contributed by atoms with van der Waals surface area (Å²) in [5, 5.41) is 8.58. The van der Waals surface area contributed by atoms with E-state index in [1.54, 1.807) is 17.4 Å². The number of allylic oxidation sites excluding steroid dienone is 3. The van der Waals surface area contributed by atoms with Gasteiger partial charge in [0.2, 0.25) is 0 Å². The number of benzene rings is 1. The van der Waals surface area contributed by atoms with Gasteiger partial charge in [0.05, 0.1) is 11.2 Å². The minimum absolute atomic E-state index is 0.197. The van der Waals surface area contributed by atoms with Crippen LogP contribution in [0.15, 0.2) is 66.4 Å². The highest BCUT2D eigenvalue weighted by atomic mass is 32.1. The monoisotopic (exact) mass is 554 g/mol. The zero-order valence-electron chi connectivity index (χ0n) is 23.4. The number of rotatable bonds is 9. The van der Waals surface area contributed by atoms with E-state index in [0.717, 1.165) is 88.8 Å². The van der Waals surface area contributed by atoms with Crippen LogP contribution in [0.4, 0.5) is 0 Å². The first-order valence-corrected chi connectivity index (χ1v) is 15.2. The molecule has 40 heavy (non-hydrogen) atoms. The summed E-state index contributed by atoms with van der Waals surface area (Å²) in [5.74, 6) is -0.197. The van der Waals surface area contributed by atoms with E-state index < -0.39 is 0 Å². The molecule has 1 amide bonds. The lowest BCUT2D eigenvalue weighted by Crippen LogP contribution is -2.33. The SMILES string of the molecule is CC/C=C(\C/C(=C\CC)c1nc2ccc(CN3CCCNCCC3)nc2s1)NC(=O)c1ccc2ccccc2n1. The largest absolute Gasteiger partial charge is 0.324 e. The van der Waals surface area contributed by atoms with Crippen molar-refractivity contribution < 1.29 is 4.79 Å². The Labute approximate surface area is 240 Å². The Balaban J connectivity index is 1.32. The Morgan fingerprint density at radius 1 is 0.950 bits per heavy atom. The molecule has 4 aromatic rings. The molecule has 4 heterocycles. The number of hydrogen-bond donors (Lipinski definition) is 2. The van der Waals surface area contributed by atoms with Gasteiger partial charge in [-0.05, 0) is 81.7 Å². The standard InChI is InChI=1S/C32H38N6OS/c1-3-9-24(21-25(10-4-2)34-30(39)28-15-13-23-11-5-6-12-27(23)36-28)31-37-29-16-14-26(35-32(29)40-31)22-38-19-7-17-33-18-8-20-38/h5-6,9-16,33H,3-4,7-8,17-22H2,1-2H3,(H,34,39)/b24-9+,25-10+. The summed E-state index contributed by atoms with van der Waals surface area (Å²) in [6.45, 7) is 9.44. The summed E-state index contributed by atoms with van der Waals surface area (Å²) in [6, 6.07) is 15.8. The van der Waals surface area contributed by atoms with E-state index in [0.29, 0.717) is 12.1 Å². The van der Waals surface area contributed by atoms with Gasteiger partial charge in [0.15, 0.2) is 0 Å². The smallest absolute Gasteiger partial charge is 0.274 e. The van der Waals surface area contributed by atoms with Gasteiger partial charge < -0.3 is 10.6 Å². The van der Waals surface area contributed by atoms with Gasteiger partial charge >= 0.3 is 0 Å². The first-order valence-electron chi connectivity index (χ1n) is 14.4. The molecular formula is C32H38N6OS. The molecule has 1 fully saturated rings. The zero-order valence-corrected chi connectivity index (χ0v) is 24.3. The van der Waals surface area contributed by atoms with E-state index in [1.165, 1.54) is 12.8 Å². The number of nitrogens with one attached hydrogen (secondary N) is 2. The number of aromatic nitrogens is 3. The maximum Gasteiger partial charge on any atom is 0.274 e. The highest BCUT2D eigenvalue weighted by Gasteiger charge is 2.16. The van der Waals surface area contributed by atoms with Gasteiger partial charge in [0.25, 0.3) is 5.91 Å². The fourth-order valence-corrected chi connectivity index (χ4v) is 6.06. The average molecular weight is 555 g/mol. The molecule has 8 heteroatoms. The predicted molar refractivity (Wildman–Crippen MR) is 165 cm³/mol. The minimum Gasteiger partial charge on any atom is -0.324 e. The highest BCUT2D eigenvalue weighted by Crippen LogP contribution is 2.30. The van der Waals surface area contributed by atoms with Crippen LogP contribution in [0.25, 0.3) is 26.8 Å². The van der Waals surface area contributed by atoms with Gasteiger partial charge in [0, 0.05) is 24.0 Å². The highest BCUT2D eigenvalue weighted by molar-refractivity contribution is 7.19. The fourth-order valence-electron chi connectivity index (χ4n) is 5.06. The van der Waals surface area contributed by atoms with E-state index in [4.69, 9.17) is 9.97 Å². The number of carbonyl (C=O) groups excluding carboxylic acids is 1. The normalized spacial score (nSPS) is 15.8. The topological polar surface area (TPSA) is 83.0 Å². The third-order valence-electron chi connectivity index (χ3n) is 7.02. The van der Waals surface area contributed by atoms with Crippen LogP contribution >= 0.6 is 11.3 Å². The second-order valence-corrected chi connectivity index (χ2v) is 11.2. The Kier molecular flexibility index (Phi) is 9.65. The van der Waals surface area contributed by atoms with E-state index in [9.17, 15) is 4.79 Å². The third kappa shape index (κ3) is 7.18. The molecule has 0 saturated carbocycles. The summed E-state index contributed by atoms with van der Waals surface area (Å²) in [5.41, 5.74) is 5.21. The van der Waals surface area contributed by atoms with Crippen LogP contribution in [0.5, 0.6) is 0 Å². The first-order chi connectivity index (χ1) is 19.6. The van der Waals surface area contributed by atoms with Gasteiger partial charge in [0.1, 0.15) is 21.0 Å². The lowest BCUT2D eigenvalue weighted by atomic mass is 10.1. The molecule has 5 rings (SSSR count). The number of hydrogen-bond acceptors (Lipinski definition) is 7. The number of amides is 1. The molecule has 208 valence electrons. The van der Waals surface area contributed by atoms with Gasteiger partial charge in [-0.2, -0.15) is 0 Å². The molecule has 0 bridgehead atoms. The first kappa shape index (κ1) is 28.1. The van der Waals surface area contributed by atoms with Crippen molar-refractivity contribution in [2.24, 2.45) is 0 Å². The van der Waals surface area contributed by atoms with Crippen LogP contribution in [-0.4, -0.2) is 51.9 Å². The maximum absolute atomic E-state index is 13.2. The van der Waals surface area contributed by atoms with Crippen molar-refractivity contribution in [2.75, 3.05) is 26.2 Å². The lowest BCUT2D eigenvalue weighted by molar-refractivity contribution is 0.0960. The average Bonchev–Trinajstić information content (AvgIpc) is 3.37. The summed E-state index contributed by atoms with van der Waals surface area (Å²) in [7, 11) is 0. The second-order valence-electron chi connectivity index (χ2n) is 10.2. The molecule has 1 aliphatic rings. The molecule has 1 aliphatic heterocycles. The summed E-state index contributed by atoms with van der Waals surface area (Å²) >= 11 is 1.63. The van der Waals surface area contributed by atoms with Crippen LogP contribution in [0.1, 0.15) is 67.1 Å². The van der Waals surface area contributed by atoms with Gasteiger partial charge in [-0.15, -0.1) is 0 Å². The van der Waals surface area contributed by atoms with Crippen molar-refractivity contribution in [2.45, 2.75) is 52.5 Å². The number of nitrogens with zero attached hydrogens (tertiary/aromatic N) is 4. The molecule has 0 atom stereocenters. The fraction of sp³-hybridized carbons (Fsp3) is 0.375. The Bertz CT molecular complexity index is 1520. The molecule has 0 aliphatic carbocycles. The number of pyridine rings is 2. The van der Waals surface area contributed by atoms with Crippen LogP contribution in [-0.2, 0) is 6.54 Å². The zero-order chi connectivity index (χ0) is 27.7. The summed E-state index contributed by atoms with van der Waals surface area (Å²) < 4.78 is 0. The quantitative estimate of drug-likeness (QED) is 0.252. The Morgan fingerprint density at radius 2 is 1.75 bits per heavy atom. The van der Waals surface area contributed by atoms with E-state index in [-0.39, 0.29) is 5.91 Å². The van der Waals surface area contributed by atoms with Crippen molar-refractivity contribution in [3.8, 4) is 0 Å². The van der Waals surface area contributed by atoms with Gasteiger partial charge in [-0.3, -0.25) is 9.69 Å². The molecule has 7 nitrogen and oxygen atoms in total.